The van der Waals surface area contributed by atoms with Gasteiger partial charge in [0.2, 0.25) is 5.88 Å². The first-order valence-electron chi connectivity index (χ1n) is 6.98. The van der Waals surface area contributed by atoms with E-state index in [1.165, 1.54) is 0 Å². The molecule has 0 saturated carbocycles. The summed E-state index contributed by atoms with van der Waals surface area (Å²) in [7, 11) is 0. The molecule has 0 aliphatic rings. The van der Waals surface area contributed by atoms with Crippen LogP contribution in [-0.4, -0.2) is 31.3 Å². The Bertz CT molecular complexity index is 359. The summed E-state index contributed by atoms with van der Waals surface area (Å²) in [5, 5.41) is 3.19. The molecule has 5 nitrogen and oxygen atoms in total. The van der Waals surface area contributed by atoms with E-state index in [-0.39, 0.29) is 0 Å². The van der Waals surface area contributed by atoms with Crippen LogP contribution in [0.25, 0.3) is 0 Å². The Morgan fingerprint density at radius 3 is 2.74 bits per heavy atom. The van der Waals surface area contributed by atoms with Gasteiger partial charge in [0.1, 0.15) is 5.82 Å². The lowest BCUT2D eigenvalue weighted by molar-refractivity contribution is 0.141. The molecule has 0 bridgehead atoms. The quantitative estimate of drug-likeness (QED) is 0.638. The van der Waals surface area contributed by atoms with Crippen LogP contribution in [0.3, 0.4) is 0 Å². The third kappa shape index (κ3) is 6.29. The molecule has 1 rings (SSSR count). The lowest BCUT2D eigenvalue weighted by Gasteiger charge is -2.10. The number of unbranched alkanes of at least 4 members (excludes halogenated alkanes) is 1. The molecule has 5 heteroatoms. The van der Waals surface area contributed by atoms with Crippen LogP contribution in [0.2, 0.25) is 0 Å². The van der Waals surface area contributed by atoms with E-state index >= 15 is 0 Å². The van der Waals surface area contributed by atoms with Gasteiger partial charge in [-0.1, -0.05) is 20.3 Å². The van der Waals surface area contributed by atoms with Gasteiger partial charge in [-0.2, -0.15) is 4.98 Å². The van der Waals surface area contributed by atoms with E-state index in [0.717, 1.165) is 38.2 Å². The van der Waals surface area contributed by atoms with Gasteiger partial charge in [-0.05, 0) is 25.0 Å². The maximum absolute atomic E-state index is 5.80. The van der Waals surface area contributed by atoms with E-state index in [1.54, 1.807) is 6.07 Å². The maximum Gasteiger partial charge on any atom is 0.239 e. The monoisotopic (exact) mass is 267 g/mol. The highest BCUT2D eigenvalue weighted by molar-refractivity contribution is 5.53. The van der Waals surface area contributed by atoms with Gasteiger partial charge in [0, 0.05) is 13.2 Å². The summed E-state index contributed by atoms with van der Waals surface area (Å²) in [6.07, 6.45) is 3.20. The van der Waals surface area contributed by atoms with Gasteiger partial charge >= 0.3 is 0 Å². The molecular formula is C14H25N3O2. The molecular weight excluding hydrogens is 242 g/mol. The largest absolute Gasteiger partial charge is 0.476 e. The molecule has 0 aromatic carbocycles. The van der Waals surface area contributed by atoms with Crippen molar-refractivity contribution in [3.8, 4) is 5.88 Å². The van der Waals surface area contributed by atoms with Crippen LogP contribution >= 0.6 is 0 Å². The number of ether oxygens (including phenoxy) is 2. The Labute approximate surface area is 115 Å². The molecule has 1 aromatic rings. The highest BCUT2D eigenvalue weighted by Crippen LogP contribution is 2.20. The summed E-state index contributed by atoms with van der Waals surface area (Å²) in [5.74, 6) is 1.26. The van der Waals surface area contributed by atoms with E-state index in [4.69, 9.17) is 15.2 Å². The summed E-state index contributed by atoms with van der Waals surface area (Å²) >= 11 is 0. The van der Waals surface area contributed by atoms with Gasteiger partial charge in [0.05, 0.1) is 18.9 Å². The second-order valence-electron chi connectivity index (χ2n) is 4.33. The zero-order chi connectivity index (χ0) is 13.9. The number of pyridine rings is 1. The van der Waals surface area contributed by atoms with Gasteiger partial charge in [-0.3, -0.25) is 0 Å². The van der Waals surface area contributed by atoms with E-state index in [0.29, 0.717) is 24.8 Å². The fourth-order valence-electron chi connectivity index (χ4n) is 1.46. The number of nitrogen functional groups attached to an aromatic ring is 1. The molecule has 0 atom stereocenters. The molecule has 0 amide bonds. The predicted molar refractivity (Wildman–Crippen MR) is 78.7 cm³/mol. The number of aromatic nitrogens is 1. The molecule has 0 aliphatic carbocycles. The van der Waals surface area contributed by atoms with Crippen LogP contribution in [0.15, 0.2) is 12.1 Å². The minimum absolute atomic E-state index is 0.499. The van der Waals surface area contributed by atoms with Crippen molar-refractivity contribution in [1.29, 1.82) is 0 Å². The molecule has 0 radical (unpaired) electrons. The van der Waals surface area contributed by atoms with Crippen LogP contribution < -0.4 is 15.8 Å². The molecule has 0 fully saturated rings. The molecule has 0 unspecified atom stereocenters. The Hall–Kier alpha value is -1.49. The topological polar surface area (TPSA) is 69.4 Å². The molecule has 0 saturated heterocycles. The molecule has 0 aliphatic heterocycles. The molecule has 19 heavy (non-hydrogen) atoms. The SMILES string of the molecule is CCCCOCCNc1ccc(N)c(OCCC)n1. The summed E-state index contributed by atoms with van der Waals surface area (Å²) in [4.78, 5) is 4.33. The third-order valence-electron chi connectivity index (χ3n) is 2.53. The number of nitrogens with two attached hydrogens (primary N) is 1. The first kappa shape index (κ1) is 15.6. The average molecular weight is 267 g/mol. The van der Waals surface area contributed by atoms with Crippen molar-refractivity contribution in [2.24, 2.45) is 0 Å². The number of rotatable bonds is 10. The van der Waals surface area contributed by atoms with Gasteiger partial charge < -0.3 is 20.5 Å². The molecule has 108 valence electrons. The number of anilines is 2. The lowest BCUT2D eigenvalue weighted by atomic mass is 10.4. The number of nitrogens with zero attached hydrogens (tertiary/aromatic N) is 1. The van der Waals surface area contributed by atoms with Crippen LogP contribution in [0.5, 0.6) is 5.88 Å². The van der Waals surface area contributed by atoms with Crippen molar-refractivity contribution < 1.29 is 9.47 Å². The normalized spacial score (nSPS) is 10.4. The fourth-order valence-corrected chi connectivity index (χ4v) is 1.46. The summed E-state index contributed by atoms with van der Waals surface area (Å²) in [5.41, 5.74) is 6.37. The van der Waals surface area contributed by atoms with Crippen molar-refractivity contribution in [3.63, 3.8) is 0 Å². The summed E-state index contributed by atoms with van der Waals surface area (Å²) < 4.78 is 10.9. The Kier molecular flexibility index (Phi) is 7.74. The Balaban J connectivity index is 2.33. The zero-order valence-corrected chi connectivity index (χ0v) is 11.9. The van der Waals surface area contributed by atoms with Gasteiger partial charge in [0.15, 0.2) is 0 Å². The fraction of sp³-hybridized carbons (Fsp3) is 0.643. The second kappa shape index (κ2) is 9.44. The lowest BCUT2D eigenvalue weighted by Crippen LogP contribution is -2.11. The van der Waals surface area contributed by atoms with Crippen molar-refractivity contribution in [3.05, 3.63) is 12.1 Å². The minimum Gasteiger partial charge on any atom is -0.476 e. The molecule has 0 spiro atoms. The summed E-state index contributed by atoms with van der Waals surface area (Å²) in [6, 6.07) is 3.65. The van der Waals surface area contributed by atoms with Crippen LogP contribution in [-0.2, 0) is 4.74 Å². The van der Waals surface area contributed by atoms with Crippen molar-refractivity contribution >= 4 is 11.5 Å². The van der Waals surface area contributed by atoms with E-state index in [9.17, 15) is 0 Å². The first-order valence-corrected chi connectivity index (χ1v) is 6.98. The number of hydrogen-bond acceptors (Lipinski definition) is 5. The van der Waals surface area contributed by atoms with Crippen molar-refractivity contribution in [2.75, 3.05) is 37.4 Å². The number of hydrogen-bond donors (Lipinski definition) is 2. The van der Waals surface area contributed by atoms with Crippen LogP contribution in [0.1, 0.15) is 33.1 Å². The standard InChI is InChI=1S/C14H25N3O2/c1-3-5-10-18-11-8-16-13-7-6-12(15)14(17-13)19-9-4-2/h6-7H,3-5,8-11,15H2,1-2H3,(H,16,17). The minimum atomic E-state index is 0.499. The Morgan fingerprint density at radius 1 is 1.16 bits per heavy atom. The highest BCUT2D eigenvalue weighted by atomic mass is 16.5. The number of nitrogens with one attached hydrogen (secondary N) is 1. The van der Waals surface area contributed by atoms with E-state index in [2.05, 4.69) is 17.2 Å². The smallest absolute Gasteiger partial charge is 0.239 e. The van der Waals surface area contributed by atoms with Crippen LogP contribution in [0, 0.1) is 0 Å². The zero-order valence-electron chi connectivity index (χ0n) is 11.9. The molecule has 1 aromatic heterocycles. The van der Waals surface area contributed by atoms with Crippen LogP contribution in [0.4, 0.5) is 11.5 Å². The molecule has 1 heterocycles. The van der Waals surface area contributed by atoms with Gasteiger partial charge in [0.25, 0.3) is 0 Å². The van der Waals surface area contributed by atoms with Crippen molar-refractivity contribution in [2.45, 2.75) is 33.1 Å². The summed E-state index contributed by atoms with van der Waals surface area (Å²) in [6.45, 7) is 7.05. The van der Waals surface area contributed by atoms with Gasteiger partial charge in [-0.15, -0.1) is 0 Å². The predicted octanol–water partition coefficient (Wildman–Crippen LogP) is 2.68. The molecule has 3 N–H and O–H groups in total. The van der Waals surface area contributed by atoms with E-state index < -0.39 is 0 Å². The highest BCUT2D eigenvalue weighted by Gasteiger charge is 2.03. The Morgan fingerprint density at radius 2 is 2.00 bits per heavy atom. The first-order chi connectivity index (χ1) is 9.27. The average Bonchev–Trinajstić information content (AvgIpc) is 2.43. The van der Waals surface area contributed by atoms with E-state index in [1.807, 2.05) is 13.0 Å². The third-order valence-corrected chi connectivity index (χ3v) is 2.53. The second-order valence-corrected chi connectivity index (χ2v) is 4.33. The van der Waals surface area contributed by atoms with Crippen molar-refractivity contribution in [1.82, 2.24) is 4.98 Å². The maximum atomic E-state index is 5.80. The van der Waals surface area contributed by atoms with Gasteiger partial charge in [-0.25, -0.2) is 0 Å².